The van der Waals surface area contributed by atoms with Crippen LogP contribution in [0.5, 0.6) is 0 Å². The van der Waals surface area contributed by atoms with Gasteiger partial charge in [-0.1, -0.05) is 5.57 Å². The molecule has 1 saturated heterocycles. The minimum Gasteiger partial charge on any atom is -0.291 e. The zero-order chi connectivity index (χ0) is 29.2. The van der Waals surface area contributed by atoms with E-state index in [1.165, 1.54) is 23.0 Å². The van der Waals surface area contributed by atoms with Gasteiger partial charge in [-0.2, -0.15) is 23.4 Å². The summed E-state index contributed by atoms with van der Waals surface area (Å²) in [4.78, 5) is 18.7. The highest BCUT2D eigenvalue weighted by atomic mass is 32.2. The van der Waals surface area contributed by atoms with Crippen molar-refractivity contribution >= 4 is 27.4 Å². The third-order valence-electron chi connectivity index (χ3n) is 7.67. The van der Waals surface area contributed by atoms with E-state index in [0.29, 0.717) is 33.8 Å². The first-order chi connectivity index (χ1) is 19.4. The van der Waals surface area contributed by atoms with Gasteiger partial charge in [-0.25, -0.2) is 17.6 Å². The van der Waals surface area contributed by atoms with Crippen molar-refractivity contribution in [1.82, 2.24) is 28.9 Å². The number of carbonyl (C=O) groups is 1. The van der Waals surface area contributed by atoms with E-state index in [4.69, 9.17) is 0 Å². The first-order valence-corrected chi connectivity index (χ1v) is 14.3. The van der Waals surface area contributed by atoms with Crippen molar-refractivity contribution in [2.75, 3.05) is 13.1 Å². The molecule has 0 radical (unpaired) electrons. The maximum absolute atomic E-state index is 14.3. The fourth-order valence-electron chi connectivity index (χ4n) is 5.54. The normalized spacial score (nSPS) is 20.6. The summed E-state index contributed by atoms with van der Waals surface area (Å²) in [6.45, 7) is 0.224. The van der Waals surface area contributed by atoms with Crippen molar-refractivity contribution in [3.8, 4) is 5.69 Å². The average Bonchev–Trinajstić information content (AvgIpc) is 3.57. The molecule has 41 heavy (non-hydrogen) atoms. The maximum atomic E-state index is 14.3. The van der Waals surface area contributed by atoms with Gasteiger partial charge in [0.2, 0.25) is 0 Å². The summed E-state index contributed by atoms with van der Waals surface area (Å²) >= 11 is 0. The molecular weight excluding hydrogens is 560 g/mol. The van der Waals surface area contributed by atoms with Gasteiger partial charge in [0.1, 0.15) is 11.5 Å². The SMILES string of the molecule is C=S(=O)(c1cnn(C)c1)N1CCC2=Cc3c(cnn3-c3ccc(F)cc3)C[C@]2(C(=O)c2cc(C(F)(F)F)ccn2)C1. The van der Waals surface area contributed by atoms with Gasteiger partial charge < -0.3 is 0 Å². The van der Waals surface area contributed by atoms with Crippen LogP contribution in [0.2, 0.25) is 0 Å². The van der Waals surface area contributed by atoms with E-state index in [1.54, 1.807) is 40.6 Å². The van der Waals surface area contributed by atoms with Gasteiger partial charge in [-0.05, 0) is 66.7 Å². The van der Waals surface area contributed by atoms with Crippen LogP contribution in [0.4, 0.5) is 17.6 Å². The number of aryl methyl sites for hydroxylation is 1. The molecule has 1 unspecified atom stereocenters. The molecule has 1 aliphatic carbocycles. The molecule has 0 N–H and O–H groups in total. The minimum absolute atomic E-state index is 0.0615. The predicted molar refractivity (Wildman–Crippen MR) is 144 cm³/mol. The number of fused-ring (bicyclic) bond motifs is 2. The molecule has 8 nitrogen and oxygen atoms in total. The number of rotatable bonds is 5. The summed E-state index contributed by atoms with van der Waals surface area (Å²) in [7, 11) is -1.40. The second kappa shape index (κ2) is 9.48. The molecule has 1 aromatic carbocycles. The molecule has 0 bridgehead atoms. The Morgan fingerprint density at radius 2 is 1.88 bits per heavy atom. The van der Waals surface area contributed by atoms with E-state index < -0.39 is 38.5 Å². The number of alkyl halides is 3. The van der Waals surface area contributed by atoms with Crippen LogP contribution in [0.15, 0.2) is 71.7 Å². The number of piperidine rings is 1. The number of nitrogens with zero attached hydrogens (tertiary/aromatic N) is 6. The Hall–Kier alpha value is -4.10. The number of hydrogen-bond donors (Lipinski definition) is 0. The number of hydrogen-bond acceptors (Lipinski definition) is 5. The summed E-state index contributed by atoms with van der Waals surface area (Å²) in [5, 5.41) is 8.56. The lowest BCUT2D eigenvalue weighted by Crippen LogP contribution is -2.53. The highest BCUT2D eigenvalue weighted by Gasteiger charge is 2.51. The van der Waals surface area contributed by atoms with E-state index in [-0.39, 0.29) is 25.2 Å². The maximum Gasteiger partial charge on any atom is 0.416 e. The van der Waals surface area contributed by atoms with Crippen LogP contribution < -0.4 is 0 Å². The van der Waals surface area contributed by atoms with Crippen LogP contribution in [-0.2, 0) is 29.4 Å². The molecule has 2 atom stereocenters. The zero-order valence-electron chi connectivity index (χ0n) is 21.8. The smallest absolute Gasteiger partial charge is 0.291 e. The molecule has 212 valence electrons. The largest absolute Gasteiger partial charge is 0.416 e. The second-order valence-corrected chi connectivity index (χ2v) is 12.5. The molecule has 2 aliphatic rings. The van der Waals surface area contributed by atoms with E-state index in [1.807, 2.05) is 6.08 Å². The van der Waals surface area contributed by atoms with Gasteiger partial charge in [-0.15, -0.1) is 0 Å². The fourth-order valence-corrected chi connectivity index (χ4v) is 7.19. The Morgan fingerprint density at radius 3 is 2.56 bits per heavy atom. The lowest BCUT2D eigenvalue weighted by molar-refractivity contribution is -0.137. The highest BCUT2D eigenvalue weighted by molar-refractivity contribution is 7.98. The number of halogens is 4. The third kappa shape index (κ3) is 4.58. The Labute approximate surface area is 233 Å². The van der Waals surface area contributed by atoms with Crippen LogP contribution in [0.25, 0.3) is 11.8 Å². The quantitative estimate of drug-likeness (QED) is 0.198. The molecule has 0 amide bonds. The molecule has 6 rings (SSSR count). The Bertz CT molecular complexity index is 1810. The van der Waals surface area contributed by atoms with Gasteiger partial charge in [0.15, 0.2) is 5.78 Å². The number of pyridine rings is 1. The average molecular weight is 585 g/mol. The monoisotopic (exact) mass is 584 g/mol. The zero-order valence-corrected chi connectivity index (χ0v) is 22.6. The minimum atomic E-state index is -4.66. The van der Waals surface area contributed by atoms with E-state index in [2.05, 4.69) is 21.1 Å². The lowest BCUT2D eigenvalue weighted by Gasteiger charge is -2.45. The Kier molecular flexibility index (Phi) is 6.27. The van der Waals surface area contributed by atoms with Crippen LogP contribution >= 0.6 is 0 Å². The highest BCUT2D eigenvalue weighted by Crippen LogP contribution is 2.47. The van der Waals surface area contributed by atoms with Crippen LogP contribution in [0.1, 0.15) is 33.7 Å². The molecule has 13 heteroatoms. The van der Waals surface area contributed by atoms with Crippen LogP contribution in [0, 0.1) is 11.2 Å². The van der Waals surface area contributed by atoms with Crippen molar-refractivity contribution in [2.24, 2.45) is 12.5 Å². The number of ketones is 1. The third-order valence-corrected chi connectivity index (χ3v) is 9.77. The topological polar surface area (TPSA) is 85.9 Å². The molecule has 4 aromatic rings. The molecule has 0 saturated carbocycles. The van der Waals surface area contributed by atoms with Crippen molar-refractivity contribution in [2.45, 2.75) is 23.9 Å². The molecule has 1 aliphatic heterocycles. The number of Topliss-reactive ketones (excluding diaryl/α,β-unsaturated/α-hetero) is 1. The molecule has 4 heterocycles. The molecule has 0 spiro atoms. The molecule has 1 fully saturated rings. The Balaban J connectivity index is 1.47. The summed E-state index contributed by atoms with van der Waals surface area (Å²) in [6, 6.07) is 7.36. The first kappa shape index (κ1) is 27.1. The number of carbonyl (C=O) groups excluding carboxylic acids is 1. The predicted octanol–water partition coefficient (Wildman–Crippen LogP) is 4.36. The van der Waals surface area contributed by atoms with Crippen LogP contribution in [-0.4, -0.2) is 57.8 Å². The molecular formula is C28H24F4N6O2S. The van der Waals surface area contributed by atoms with Gasteiger partial charge >= 0.3 is 6.18 Å². The van der Waals surface area contributed by atoms with Crippen molar-refractivity contribution in [1.29, 1.82) is 0 Å². The lowest BCUT2D eigenvalue weighted by atomic mass is 9.65. The van der Waals surface area contributed by atoms with Gasteiger partial charge in [-0.3, -0.25) is 14.5 Å². The Morgan fingerprint density at radius 1 is 1.12 bits per heavy atom. The second-order valence-electron chi connectivity index (χ2n) is 10.2. The van der Waals surface area contributed by atoms with E-state index in [9.17, 15) is 26.6 Å². The van der Waals surface area contributed by atoms with Gasteiger partial charge in [0, 0.05) is 32.5 Å². The molecule has 3 aromatic heterocycles. The van der Waals surface area contributed by atoms with Gasteiger partial charge in [0.05, 0.1) is 49.4 Å². The number of aromatic nitrogens is 5. The van der Waals surface area contributed by atoms with Crippen molar-refractivity contribution in [3.63, 3.8) is 0 Å². The van der Waals surface area contributed by atoms with E-state index in [0.717, 1.165) is 18.3 Å². The summed E-state index contributed by atoms with van der Waals surface area (Å²) in [5.74, 6) is 2.97. The summed E-state index contributed by atoms with van der Waals surface area (Å²) in [5.41, 5.74) is -0.0725. The van der Waals surface area contributed by atoms with Crippen LogP contribution in [0.3, 0.4) is 0 Å². The number of benzene rings is 1. The first-order valence-electron chi connectivity index (χ1n) is 12.6. The van der Waals surface area contributed by atoms with Crippen molar-refractivity contribution < 1.29 is 26.6 Å². The van der Waals surface area contributed by atoms with Gasteiger partial charge in [0.25, 0.3) is 0 Å². The standard InChI is InChI=1S/C28H24F4N6O2S/c1-36-16-23(15-34-36)41(2,40)37-10-8-19-12-25-18(14-35-38(25)22-5-3-21(29)4-6-22)13-27(19,17-37)26(39)24-11-20(7-9-33-24)28(30,31)32/h3-7,9,11-12,14-16H,2,8,10,13,17H2,1H3/t27-,41?/m0/s1. The van der Waals surface area contributed by atoms with Crippen molar-refractivity contribution in [3.05, 3.63) is 95.1 Å². The fraction of sp³-hybridized carbons (Fsp3) is 0.250. The summed E-state index contributed by atoms with van der Waals surface area (Å²) < 4.78 is 73.0. The summed E-state index contributed by atoms with van der Waals surface area (Å²) in [6.07, 6.45) is 3.14. The van der Waals surface area contributed by atoms with E-state index >= 15 is 0 Å².